The van der Waals surface area contributed by atoms with E-state index >= 15 is 0 Å². The highest BCUT2D eigenvalue weighted by Crippen LogP contribution is 2.28. The highest BCUT2D eigenvalue weighted by molar-refractivity contribution is 4.77. The molecule has 0 aromatic rings. The Bertz CT molecular complexity index is 213. The average molecular weight is 241 g/mol. The maximum atomic E-state index is 12.4. The molecule has 3 atom stereocenters. The summed E-state index contributed by atoms with van der Waals surface area (Å²) in [5, 5.41) is 0. The lowest BCUT2D eigenvalue weighted by molar-refractivity contribution is -0.241. The maximum Gasteiger partial charge on any atom is 0.415 e. The van der Waals surface area contributed by atoms with Gasteiger partial charge >= 0.3 is 6.18 Å². The summed E-state index contributed by atoms with van der Waals surface area (Å²) in [6.45, 7) is 3.12. The lowest BCUT2D eigenvalue weighted by Gasteiger charge is -2.34. The van der Waals surface area contributed by atoms with Crippen molar-refractivity contribution in [1.82, 2.24) is 0 Å². The molecule has 0 bridgehead atoms. The van der Waals surface area contributed by atoms with Crippen molar-refractivity contribution >= 4 is 0 Å². The molecule has 3 nitrogen and oxygen atoms in total. The Kier molecular flexibility index (Phi) is 4.58. The van der Waals surface area contributed by atoms with E-state index in [2.05, 4.69) is 0 Å². The molecule has 1 aliphatic rings. The predicted octanol–water partition coefficient (Wildman–Crippen LogP) is 1.85. The van der Waals surface area contributed by atoms with Crippen molar-refractivity contribution in [2.75, 3.05) is 6.54 Å². The Labute approximate surface area is 93.1 Å². The van der Waals surface area contributed by atoms with Crippen LogP contribution in [0.25, 0.3) is 0 Å². The normalized spacial score (nSPS) is 33.8. The van der Waals surface area contributed by atoms with E-state index < -0.39 is 24.9 Å². The summed E-state index contributed by atoms with van der Waals surface area (Å²) < 4.78 is 47.7. The van der Waals surface area contributed by atoms with Gasteiger partial charge in [-0.3, -0.25) is 0 Å². The SMILES string of the molecule is CC1CC(OC(CN)C(F)(F)F)CC(C)O1. The van der Waals surface area contributed by atoms with E-state index in [4.69, 9.17) is 15.2 Å². The zero-order valence-corrected chi connectivity index (χ0v) is 9.46. The van der Waals surface area contributed by atoms with Crippen molar-refractivity contribution in [3.63, 3.8) is 0 Å². The van der Waals surface area contributed by atoms with Gasteiger partial charge in [-0.1, -0.05) is 0 Å². The zero-order chi connectivity index (χ0) is 12.3. The first-order chi connectivity index (χ1) is 7.32. The number of nitrogens with two attached hydrogens (primary N) is 1. The molecule has 1 fully saturated rings. The van der Waals surface area contributed by atoms with Crippen LogP contribution >= 0.6 is 0 Å². The van der Waals surface area contributed by atoms with Gasteiger partial charge in [0, 0.05) is 6.54 Å². The Balaban J connectivity index is 2.51. The molecule has 1 aliphatic heterocycles. The fourth-order valence-corrected chi connectivity index (χ4v) is 1.95. The van der Waals surface area contributed by atoms with Crippen LogP contribution in [0.5, 0.6) is 0 Å². The third-order valence-electron chi connectivity index (χ3n) is 2.59. The molecule has 0 saturated carbocycles. The van der Waals surface area contributed by atoms with Crippen molar-refractivity contribution in [1.29, 1.82) is 0 Å². The zero-order valence-electron chi connectivity index (χ0n) is 9.46. The first kappa shape index (κ1) is 13.7. The van der Waals surface area contributed by atoms with Crippen LogP contribution in [0, 0.1) is 0 Å². The van der Waals surface area contributed by atoms with Crippen molar-refractivity contribution in [2.24, 2.45) is 5.73 Å². The van der Waals surface area contributed by atoms with Crippen molar-refractivity contribution < 1.29 is 22.6 Å². The Morgan fingerprint density at radius 1 is 1.31 bits per heavy atom. The largest absolute Gasteiger partial charge is 0.415 e. The van der Waals surface area contributed by atoms with Gasteiger partial charge in [-0.15, -0.1) is 0 Å². The third kappa shape index (κ3) is 3.92. The van der Waals surface area contributed by atoms with E-state index in [0.717, 1.165) is 0 Å². The van der Waals surface area contributed by atoms with Gasteiger partial charge < -0.3 is 15.2 Å². The lowest BCUT2D eigenvalue weighted by Crippen LogP contribution is -2.44. The van der Waals surface area contributed by atoms with Gasteiger partial charge in [0.1, 0.15) is 0 Å². The summed E-state index contributed by atoms with van der Waals surface area (Å²) in [6, 6.07) is 0. The molecular weight excluding hydrogens is 223 g/mol. The van der Waals surface area contributed by atoms with E-state index in [1.807, 2.05) is 13.8 Å². The molecule has 0 spiro atoms. The van der Waals surface area contributed by atoms with Gasteiger partial charge in [0.15, 0.2) is 6.10 Å². The Hall–Kier alpha value is -0.330. The van der Waals surface area contributed by atoms with Gasteiger partial charge in [0.25, 0.3) is 0 Å². The van der Waals surface area contributed by atoms with Crippen LogP contribution in [0.4, 0.5) is 13.2 Å². The molecule has 16 heavy (non-hydrogen) atoms. The smallest absolute Gasteiger partial charge is 0.375 e. The number of rotatable bonds is 3. The van der Waals surface area contributed by atoms with Gasteiger partial charge in [-0.2, -0.15) is 13.2 Å². The van der Waals surface area contributed by atoms with Gasteiger partial charge in [-0.25, -0.2) is 0 Å². The van der Waals surface area contributed by atoms with Crippen LogP contribution in [-0.4, -0.2) is 37.1 Å². The highest BCUT2D eigenvalue weighted by Gasteiger charge is 2.42. The van der Waals surface area contributed by atoms with Crippen molar-refractivity contribution in [3.8, 4) is 0 Å². The summed E-state index contributed by atoms with van der Waals surface area (Å²) in [5.74, 6) is 0. The van der Waals surface area contributed by atoms with E-state index in [9.17, 15) is 13.2 Å². The molecule has 1 heterocycles. The number of hydrogen-bond donors (Lipinski definition) is 1. The van der Waals surface area contributed by atoms with Crippen LogP contribution < -0.4 is 5.73 Å². The monoisotopic (exact) mass is 241 g/mol. The molecular formula is C10H18F3NO2. The maximum absolute atomic E-state index is 12.4. The molecule has 0 aliphatic carbocycles. The van der Waals surface area contributed by atoms with Crippen LogP contribution in [0.2, 0.25) is 0 Å². The van der Waals surface area contributed by atoms with Gasteiger partial charge in [-0.05, 0) is 26.7 Å². The average Bonchev–Trinajstić information content (AvgIpc) is 2.10. The molecule has 1 saturated heterocycles. The molecule has 0 radical (unpaired) electrons. The summed E-state index contributed by atoms with van der Waals surface area (Å²) in [7, 11) is 0. The summed E-state index contributed by atoms with van der Waals surface area (Å²) in [6.07, 6.45) is -5.85. The summed E-state index contributed by atoms with van der Waals surface area (Å²) in [4.78, 5) is 0. The van der Waals surface area contributed by atoms with Gasteiger partial charge in [0.05, 0.1) is 18.3 Å². The molecule has 0 aromatic carbocycles. The Morgan fingerprint density at radius 2 is 1.81 bits per heavy atom. The molecule has 96 valence electrons. The fraction of sp³-hybridized carbons (Fsp3) is 1.00. The second kappa shape index (κ2) is 5.33. The van der Waals surface area contributed by atoms with E-state index in [1.54, 1.807) is 0 Å². The number of halogens is 3. The molecule has 6 heteroatoms. The first-order valence-electron chi connectivity index (χ1n) is 5.40. The second-order valence-corrected chi connectivity index (χ2v) is 4.25. The molecule has 0 amide bonds. The van der Waals surface area contributed by atoms with Crippen LogP contribution in [0.15, 0.2) is 0 Å². The van der Waals surface area contributed by atoms with Crippen LogP contribution in [-0.2, 0) is 9.47 Å². The number of hydrogen-bond acceptors (Lipinski definition) is 3. The number of alkyl halides is 3. The minimum Gasteiger partial charge on any atom is -0.375 e. The minimum atomic E-state index is -4.39. The topological polar surface area (TPSA) is 44.5 Å². The highest BCUT2D eigenvalue weighted by atomic mass is 19.4. The van der Waals surface area contributed by atoms with Crippen LogP contribution in [0.3, 0.4) is 0 Å². The molecule has 0 aromatic heterocycles. The van der Waals surface area contributed by atoms with E-state index in [-0.39, 0.29) is 12.2 Å². The quantitative estimate of drug-likeness (QED) is 0.820. The number of ether oxygens (including phenoxy) is 2. The predicted molar refractivity (Wildman–Crippen MR) is 53.0 cm³/mol. The fourth-order valence-electron chi connectivity index (χ4n) is 1.95. The van der Waals surface area contributed by atoms with Crippen molar-refractivity contribution in [3.05, 3.63) is 0 Å². The van der Waals surface area contributed by atoms with E-state index in [0.29, 0.717) is 12.8 Å². The third-order valence-corrected chi connectivity index (χ3v) is 2.59. The van der Waals surface area contributed by atoms with Crippen LogP contribution in [0.1, 0.15) is 26.7 Å². The Morgan fingerprint density at radius 3 is 2.19 bits per heavy atom. The van der Waals surface area contributed by atoms with Crippen molar-refractivity contribution in [2.45, 2.75) is 57.3 Å². The van der Waals surface area contributed by atoms with Gasteiger partial charge in [0.2, 0.25) is 0 Å². The minimum absolute atomic E-state index is 0.0691. The lowest BCUT2D eigenvalue weighted by atomic mass is 10.0. The molecule has 3 unspecified atom stereocenters. The summed E-state index contributed by atoms with van der Waals surface area (Å²) >= 11 is 0. The van der Waals surface area contributed by atoms with E-state index in [1.165, 1.54) is 0 Å². The summed E-state index contributed by atoms with van der Waals surface area (Å²) in [5.41, 5.74) is 5.07. The standard InChI is InChI=1S/C10H18F3NO2/c1-6-3-8(4-7(2)15-6)16-9(5-14)10(11,12)13/h6-9H,3-5,14H2,1-2H3. The first-order valence-corrected chi connectivity index (χ1v) is 5.40. The molecule has 2 N–H and O–H groups in total. The molecule has 1 rings (SSSR count). The second-order valence-electron chi connectivity index (χ2n) is 4.25.